The molecule has 0 heterocycles. The Hall–Kier alpha value is -1.37. The van der Waals surface area contributed by atoms with Crippen LogP contribution in [-0.4, -0.2) is 14.7 Å². The number of benzene rings is 1. The molecule has 0 spiro atoms. The van der Waals surface area contributed by atoms with E-state index in [1.54, 1.807) is 0 Å². The van der Waals surface area contributed by atoms with E-state index in [9.17, 15) is 13.2 Å². The van der Waals surface area contributed by atoms with Gasteiger partial charge in [0.25, 0.3) is 0 Å². The fourth-order valence-corrected chi connectivity index (χ4v) is 1.98. The van der Waals surface area contributed by atoms with Crippen LogP contribution in [0.15, 0.2) is 18.2 Å². The van der Waals surface area contributed by atoms with E-state index in [0.717, 1.165) is 6.07 Å². The molecular formula is C10H14F3NO2Si. The smallest absolute Gasteiger partial charge is 0.544 e. The summed E-state index contributed by atoms with van der Waals surface area (Å²) in [6.07, 6.45) is -4.76. The summed E-state index contributed by atoms with van der Waals surface area (Å²) in [6.45, 7) is 5.77. The van der Waals surface area contributed by atoms with Crippen LogP contribution in [0.5, 0.6) is 11.5 Å². The second-order valence-electron chi connectivity index (χ2n) is 4.46. The molecule has 0 unspecified atom stereocenters. The molecule has 1 rings (SSSR count). The zero-order chi connectivity index (χ0) is 13.3. The maximum atomic E-state index is 12.1. The molecule has 0 radical (unpaired) electrons. The quantitative estimate of drug-likeness (QED) is 0.673. The minimum Gasteiger partial charge on any atom is -0.544 e. The van der Waals surface area contributed by atoms with Crippen LogP contribution in [0, 0.1) is 0 Å². The average Bonchev–Trinajstić information content (AvgIpc) is 2.05. The Morgan fingerprint density at radius 2 is 1.76 bits per heavy atom. The van der Waals surface area contributed by atoms with Crippen molar-refractivity contribution >= 4 is 14.0 Å². The number of halogens is 3. The lowest BCUT2D eigenvalue weighted by Crippen LogP contribution is -2.29. The van der Waals surface area contributed by atoms with E-state index >= 15 is 0 Å². The van der Waals surface area contributed by atoms with Crippen LogP contribution in [0.4, 0.5) is 18.9 Å². The van der Waals surface area contributed by atoms with Crippen molar-refractivity contribution < 1.29 is 22.3 Å². The van der Waals surface area contributed by atoms with E-state index in [1.165, 1.54) is 12.1 Å². The first-order valence-electron chi connectivity index (χ1n) is 4.91. The van der Waals surface area contributed by atoms with Crippen LogP contribution in [0.1, 0.15) is 0 Å². The molecule has 96 valence electrons. The molecule has 1 aromatic rings. The molecule has 0 bridgehead atoms. The van der Waals surface area contributed by atoms with E-state index in [2.05, 4.69) is 4.74 Å². The van der Waals surface area contributed by atoms with Gasteiger partial charge in [-0.25, -0.2) is 0 Å². The van der Waals surface area contributed by atoms with Gasteiger partial charge in [-0.3, -0.25) is 0 Å². The molecule has 0 aliphatic heterocycles. The van der Waals surface area contributed by atoms with Crippen LogP contribution >= 0.6 is 0 Å². The van der Waals surface area contributed by atoms with Crippen molar-refractivity contribution in [3.05, 3.63) is 18.2 Å². The van der Waals surface area contributed by atoms with Gasteiger partial charge < -0.3 is 14.9 Å². The Kier molecular flexibility index (Phi) is 3.61. The summed E-state index contributed by atoms with van der Waals surface area (Å²) in [6, 6.07) is 4.01. The number of hydrogen-bond donors (Lipinski definition) is 1. The number of anilines is 1. The average molecular weight is 265 g/mol. The maximum Gasteiger partial charge on any atom is 0.573 e. The van der Waals surface area contributed by atoms with Crippen LogP contribution in [-0.2, 0) is 0 Å². The van der Waals surface area contributed by atoms with Gasteiger partial charge in [-0.1, -0.05) is 0 Å². The van der Waals surface area contributed by atoms with Gasteiger partial charge in [0.15, 0.2) is 5.75 Å². The molecule has 17 heavy (non-hydrogen) atoms. The molecule has 0 atom stereocenters. The Morgan fingerprint density at radius 3 is 2.24 bits per heavy atom. The van der Waals surface area contributed by atoms with Crippen molar-refractivity contribution in [3.8, 4) is 11.5 Å². The summed E-state index contributed by atoms with van der Waals surface area (Å²) in [5.74, 6) is -0.106. The van der Waals surface area contributed by atoms with E-state index in [1.807, 2.05) is 19.6 Å². The largest absolute Gasteiger partial charge is 0.573 e. The standard InChI is InChI=1S/C10H14F3NO2Si/c1-17(2,3)16-7-4-5-8(14)9(6-7)15-10(11,12)13/h4-6H,14H2,1-3H3. The summed E-state index contributed by atoms with van der Waals surface area (Å²) in [4.78, 5) is 0. The second kappa shape index (κ2) is 4.48. The first-order chi connectivity index (χ1) is 7.57. The summed E-state index contributed by atoms with van der Waals surface area (Å²) < 4.78 is 45.6. The molecule has 7 heteroatoms. The zero-order valence-corrected chi connectivity index (χ0v) is 10.8. The van der Waals surface area contributed by atoms with Gasteiger partial charge in [0.05, 0.1) is 5.69 Å². The number of rotatable bonds is 3. The van der Waals surface area contributed by atoms with Crippen LogP contribution in [0.25, 0.3) is 0 Å². The van der Waals surface area contributed by atoms with Gasteiger partial charge in [0.1, 0.15) is 5.75 Å². The number of nitrogens with two attached hydrogens (primary N) is 1. The summed E-state index contributed by atoms with van der Waals surface area (Å²) in [5, 5.41) is 0. The molecule has 3 nitrogen and oxygen atoms in total. The van der Waals surface area contributed by atoms with Gasteiger partial charge in [-0.15, -0.1) is 13.2 Å². The Balaban J connectivity index is 2.95. The van der Waals surface area contributed by atoms with Crippen LogP contribution in [0.2, 0.25) is 19.6 Å². The van der Waals surface area contributed by atoms with Crippen molar-refractivity contribution in [2.45, 2.75) is 26.0 Å². The SMILES string of the molecule is C[Si](C)(C)Oc1ccc(N)c(OC(F)(F)F)c1. The lowest BCUT2D eigenvalue weighted by Gasteiger charge is -2.20. The Morgan fingerprint density at radius 1 is 1.18 bits per heavy atom. The first-order valence-corrected chi connectivity index (χ1v) is 8.32. The molecule has 0 amide bonds. The lowest BCUT2D eigenvalue weighted by molar-refractivity contribution is -0.274. The van der Waals surface area contributed by atoms with E-state index < -0.39 is 20.4 Å². The zero-order valence-electron chi connectivity index (χ0n) is 9.76. The normalized spacial score (nSPS) is 12.4. The minimum absolute atomic E-state index is 0.0785. The van der Waals surface area contributed by atoms with Crippen molar-refractivity contribution in [1.82, 2.24) is 0 Å². The van der Waals surface area contributed by atoms with E-state index in [4.69, 9.17) is 10.2 Å². The minimum atomic E-state index is -4.76. The van der Waals surface area contributed by atoms with Gasteiger partial charge in [-0.05, 0) is 31.8 Å². The number of nitrogen functional groups attached to an aromatic ring is 1. The van der Waals surface area contributed by atoms with Gasteiger partial charge in [0, 0.05) is 6.07 Å². The van der Waals surface area contributed by atoms with Crippen molar-refractivity contribution in [2.75, 3.05) is 5.73 Å². The van der Waals surface area contributed by atoms with Crippen molar-refractivity contribution in [1.29, 1.82) is 0 Å². The maximum absolute atomic E-state index is 12.1. The highest BCUT2D eigenvalue weighted by Gasteiger charge is 2.32. The number of alkyl halides is 3. The fourth-order valence-electron chi connectivity index (χ4n) is 1.14. The predicted molar refractivity (Wildman–Crippen MR) is 61.5 cm³/mol. The molecule has 0 fully saturated rings. The third-order valence-corrected chi connectivity index (χ3v) is 2.48. The van der Waals surface area contributed by atoms with Crippen LogP contribution < -0.4 is 14.9 Å². The summed E-state index contributed by atoms with van der Waals surface area (Å²) >= 11 is 0. The van der Waals surface area contributed by atoms with Crippen LogP contribution in [0.3, 0.4) is 0 Å². The highest BCUT2D eigenvalue weighted by atomic mass is 28.4. The molecule has 0 aromatic heterocycles. The number of ether oxygens (including phenoxy) is 1. The third-order valence-electron chi connectivity index (χ3n) is 1.63. The highest BCUT2D eigenvalue weighted by molar-refractivity contribution is 6.70. The molecule has 1 aromatic carbocycles. The third kappa shape index (κ3) is 4.99. The predicted octanol–water partition coefficient (Wildman–Crippen LogP) is 3.38. The van der Waals surface area contributed by atoms with Crippen molar-refractivity contribution in [3.63, 3.8) is 0 Å². The van der Waals surface area contributed by atoms with E-state index in [-0.39, 0.29) is 5.69 Å². The summed E-state index contributed by atoms with van der Waals surface area (Å²) in [7, 11) is -1.87. The second-order valence-corrected chi connectivity index (χ2v) is 8.89. The molecule has 0 saturated heterocycles. The van der Waals surface area contributed by atoms with Gasteiger partial charge in [-0.2, -0.15) is 0 Å². The van der Waals surface area contributed by atoms with Gasteiger partial charge in [0.2, 0.25) is 8.32 Å². The van der Waals surface area contributed by atoms with Crippen molar-refractivity contribution in [2.24, 2.45) is 0 Å². The number of hydrogen-bond acceptors (Lipinski definition) is 3. The molecule has 0 aliphatic carbocycles. The fraction of sp³-hybridized carbons (Fsp3) is 0.400. The first kappa shape index (κ1) is 13.7. The highest BCUT2D eigenvalue weighted by Crippen LogP contribution is 2.32. The molecule has 2 N–H and O–H groups in total. The summed E-state index contributed by atoms with van der Waals surface area (Å²) in [5.41, 5.74) is 5.31. The van der Waals surface area contributed by atoms with E-state index in [0.29, 0.717) is 5.75 Å². The Labute approximate surface area is 98.5 Å². The Bertz CT molecular complexity index is 402. The molecular weight excluding hydrogens is 251 g/mol. The lowest BCUT2D eigenvalue weighted by atomic mass is 10.3. The molecule has 0 aliphatic rings. The molecule has 0 saturated carbocycles. The topological polar surface area (TPSA) is 44.5 Å². The van der Waals surface area contributed by atoms with Gasteiger partial charge >= 0.3 is 6.36 Å². The monoisotopic (exact) mass is 265 g/mol.